The first-order chi connectivity index (χ1) is 12.8. The molecule has 3 rings (SSSR count). The van der Waals surface area contributed by atoms with Crippen molar-refractivity contribution in [1.29, 1.82) is 0 Å². The first kappa shape index (κ1) is 21.9. The minimum atomic E-state index is 0. The molecule has 1 aliphatic heterocycles. The molecule has 150 valence electrons. The minimum absolute atomic E-state index is 0. The van der Waals surface area contributed by atoms with Crippen LogP contribution in [0.1, 0.15) is 31.5 Å². The van der Waals surface area contributed by atoms with Crippen LogP contribution in [-0.4, -0.2) is 60.2 Å². The molecule has 1 aromatic heterocycles. The summed E-state index contributed by atoms with van der Waals surface area (Å²) >= 11 is 0. The molecule has 7 heteroatoms. The Balaban J connectivity index is 0.00000261. The van der Waals surface area contributed by atoms with E-state index >= 15 is 0 Å². The molecule has 1 saturated heterocycles. The van der Waals surface area contributed by atoms with Gasteiger partial charge in [0.1, 0.15) is 5.82 Å². The fourth-order valence-corrected chi connectivity index (χ4v) is 3.66. The quantitative estimate of drug-likeness (QED) is 0.262. The van der Waals surface area contributed by atoms with Crippen molar-refractivity contribution in [2.75, 3.05) is 39.8 Å². The molecular weight excluding hydrogens is 451 g/mol. The van der Waals surface area contributed by atoms with Gasteiger partial charge in [-0.1, -0.05) is 12.1 Å². The highest BCUT2D eigenvalue weighted by molar-refractivity contribution is 14.0. The number of halogens is 1. The largest absolute Gasteiger partial charge is 0.356 e. The van der Waals surface area contributed by atoms with E-state index in [1.165, 1.54) is 44.4 Å². The number of nitrogens with zero attached hydrogens (tertiary/aromatic N) is 4. The molecule has 1 aliphatic rings. The SMILES string of the molecule is CN=C(NCCCN1CCCC1)NCCCn1c(C)nc2ccccc21.I. The Morgan fingerprint density at radius 1 is 1.07 bits per heavy atom. The van der Waals surface area contributed by atoms with Crippen molar-refractivity contribution in [3.05, 3.63) is 30.1 Å². The molecule has 0 spiro atoms. The number of aliphatic imine (C=N–C) groups is 1. The van der Waals surface area contributed by atoms with Crippen LogP contribution in [-0.2, 0) is 6.54 Å². The molecule has 1 aromatic carbocycles. The van der Waals surface area contributed by atoms with Gasteiger partial charge in [-0.15, -0.1) is 24.0 Å². The van der Waals surface area contributed by atoms with Gasteiger partial charge in [0.25, 0.3) is 0 Å². The smallest absolute Gasteiger partial charge is 0.190 e. The average Bonchev–Trinajstić information content (AvgIpc) is 3.28. The number of aryl methyl sites for hydroxylation is 2. The molecule has 0 unspecified atom stereocenters. The molecule has 2 heterocycles. The Labute approximate surface area is 179 Å². The van der Waals surface area contributed by atoms with Gasteiger partial charge in [-0.05, 0) is 64.4 Å². The van der Waals surface area contributed by atoms with Crippen LogP contribution in [0.25, 0.3) is 11.0 Å². The maximum Gasteiger partial charge on any atom is 0.190 e. The van der Waals surface area contributed by atoms with E-state index in [1.807, 2.05) is 13.1 Å². The van der Waals surface area contributed by atoms with Crippen molar-refractivity contribution >= 4 is 41.0 Å². The van der Waals surface area contributed by atoms with Crippen molar-refractivity contribution in [1.82, 2.24) is 25.1 Å². The van der Waals surface area contributed by atoms with E-state index in [0.29, 0.717) is 0 Å². The Hall–Kier alpha value is -1.35. The zero-order valence-corrected chi connectivity index (χ0v) is 18.9. The highest BCUT2D eigenvalue weighted by atomic mass is 127. The Morgan fingerprint density at radius 2 is 1.74 bits per heavy atom. The summed E-state index contributed by atoms with van der Waals surface area (Å²) in [5.41, 5.74) is 2.29. The second-order valence-electron chi connectivity index (χ2n) is 6.98. The molecule has 0 radical (unpaired) electrons. The lowest BCUT2D eigenvalue weighted by Gasteiger charge is -2.16. The van der Waals surface area contributed by atoms with Gasteiger partial charge in [0.2, 0.25) is 0 Å². The molecule has 0 amide bonds. The van der Waals surface area contributed by atoms with E-state index in [1.54, 1.807) is 0 Å². The standard InChI is InChI=1S/C20H32N6.HI/c1-17-24-18-9-3-4-10-19(18)26(17)16-8-12-23-20(21-2)22-11-7-15-25-13-5-6-14-25;/h3-4,9-10H,5-8,11-16H2,1-2H3,(H2,21,22,23);1H. The molecule has 27 heavy (non-hydrogen) atoms. The van der Waals surface area contributed by atoms with Crippen LogP contribution in [0.5, 0.6) is 0 Å². The zero-order valence-electron chi connectivity index (χ0n) is 16.6. The molecule has 2 aromatic rings. The van der Waals surface area contributed by atoms with Gasteiger partial charge in [0, 0.05) is 26.7 Å². The van der Waals surface area contributed by atoms with Crippen molar-refractivity contribution in [3.8, 4) is 0 Å². The lowest BCUT2D eigenvalue weighted by molar-refractivity contribution is 0.334. The summed E-state index contributed by atoms with van der Waals surface area (Å²) in [5.74, 6) is 1.98. The van der Waals surface area contributed by atoms with Gasteiger partial charge in [-0.2, -0.15) is 0 Å². The number of para-hydroxylation sites is 2. The minimum Gasteiger partial charge on any atom is -0.356 e. The predicted octanol–water partition coefficient (Wildman–Crippen LogP) is 3.00. The topological polar surface area (TPSA) is 57.5 Å². The third-order valence-corrected chi connectivity index (χ3v) is 5.06. The van der Waals surface area contributed by atoms with E-state index in [4.69, 9.17) is 0 Å². The summed E-state index contributed by atoms with van der Waals surface area (Å²) in [6.45, 7) is 8.65. The number of likely N-dealkylation sites (tertiary alicyclic amines) is 1. The van der Waals surface area contributed by atoms with Gasteiger partial charge in [0.15, 0.2) is 5.96 Å². The third-order valence-electron chi connectivity index (χ3n) is 5.06. The fraction of sp³-hybridized carbons (Fsp3) is 0.600. The molecular formula is C20H33IN6. The normalized spacial score (nSPS) is 15.1. The van der Waals surface area contributed by atoms with Gasteiger partial charge < -0.3 is 20.1 Å². The van der Waals surface area contributed by atoms with Crippen LogP contribution in [0.3, 0.4) is 0 Å². The number of imidazole rings is 1. The molecule has 6 nitrogen and oxygen atoms in total. The van der Waals surface area contributed by atoms with Gasteiger partial charge in [-0.25, -0.2) is 4.98 Å². The lowest BCUT2D eigenvalue weighted by Crippen LogP contribution is -2.39. The second-order valence-corrected chi connectivity index (χ2v) is 6.98. The van der Waals surface area contributed by atoms with Gasteiger partial charge >= 0.3 is 0 Å². The number of rotatable bonds is 8. The number of nitrogens with one attached hydrogen (secondary N) is 2. The van der Waals surface area contributed by atoms with Crippen LogP contribution in [0.4, 0.5) is 0 Å². The molecule has 0 aliphatic carbocycles. The maximum atomic E-state index is 4.63. The highest BCUT2D eigenvalue weighted by Crippen LogP contribution is 2.15. The number of hydrogen-bond acceptors (Lipinski definition) is 3. The Morgan fingerprint density at radius 3 is 2.44 bits per heavy atom. The molecule has 0 bridgehead atoms. The average molecular weight is 484 g/mol. The van der Waals surface area contributed by atoms with E-state index in [2.05, 4.69) is 55.2 Å². The summed E-state index contributed by atoms with van der Waals surface area (Å²) in [5, 5.41) is 6.84. The monoisotopic (exact) mass is 484 g/mol. The number of guanidine groups is 1. The number of benzene rings is 1. The summed E-state index contributed by atoms with van der Waals surface area (Å²) < 4.78 is 2.29. The lowest BCUT2D eigenvalue weighted by atomic mass is 10.3. The van der Waals surface area contributed by atoms with E-state index in [-0.39, 0.29) is 24.0 Å². The first-order valence-electron chi connectivity index (χ1n) is 9.86. The van der Waals surface area contributed by atoms with E-state index < -0.39 is 0 Å². The van der Waals surface area contributed by atoms with Crippen LogP contribution in [0.15, 0.2) is 29.3 Å². The molecule has 0 saturated carbocycles. The summed E-state index contributed by atoms with van der Waals surface area (Å²) in [4.78, 5) is 11.5. The van der Waals surface area contributed by atoms with E-state index in [0.717, 1.165) is 43.4 Å². The summed E-state index contributed by atoms with van der Waals surface area (Å²) in [6, 6.07) is 8.33. The fourth-order valence-electron chi connectivity index (χ4n) is 3.66. The van der Waals surface area contributed by atoms with Crippen molar-refractivity contribution in [3.63, 3.8) is 0 Å². The predicted molar refractivity (Wildman–Crippen MR) is 124 cm³/mol. The van der Waals surface area contributed by atoms with Crippen LogP contribution < -0.4 is 10.6 Å². The van der Waals surface area contributed by atoms with Crippen molar-refractivity contribution in [2.45, 2.75) is 39.2 Å². The highest BCUT2D eigenvalue weighted by Gasteiger charge is 2.10. The third kappa shape index (κ3) is 6.34. The van der Waals surface area contributed by atoms with Crippen LogP contribution in [0, 0.1) is 6.92 Å². The summed E-state index contributed by atoms with van der Waals surface area (Å²) in [6.07, 6.45) is 4.93. The number of hydrogen-bond donors (Lipinski definition) is 2. The number of fused-ring (bicyclic) bond motifs is 1. The molecule has 1 fully saturated rings. The first-order valence-corrected chi connectivity index (χ1v) is 9.86. The Kier molecular flexibility index (Phi) is 9.33. The summed E-state index contributed by atoms with van der Waals surface area (Å²) in [7, 11) is 1.84. The van der Waals surface area contributed by atoms with E-state index in [9.17, 15) is 0 Å². The van der Waals surface area contributed by atoms with Crippen molar-refractivity contribution in [2.24, 2.45) is 4.99 Å². The van der Waals surface area contributed by atoms with Crippen LogP contribution in [0.2, 0.25) is 0 Å². The maximum absolute atomic E-state index is 4.63. The van der Waals surface area contributed by atoms with Crippen molar-refractivity contribution < 1.29 is 0 Å². The Bertz CT molecular complexity index is 720. The second kappa shape index (κ2) is 11.5. The zero-order chi connectivity index (χ0) is 18.2. The van der Waals surface area contributed by atoms with Gasteiger partial charge in [-0.3, -0.25) is 4.99 Å². The molecule has 0 atom stereocenters. The van der Waals surface area contributed by atoms with Gasteiger partial charge in [0.05, 0.1) is 11.0 Å². The van der Waals surface area contributed by atoms with Crippen LogP contribution >= 0.6 is 24.0 Å². The number of aromatic nitrogens is 2. The molecule has 2 N–H and O–H groups in total.